The third-order valence-electron chi connectivity index (χ3n) is 4.97. The lowest BCUT2D eigenvalue weighted by Gasteiger charge is -2.10. The number of pyridine rings is 1. The fraction of sp³-hybridized carbons (Fsp3) is 0.222. The van der Waals surface area contributed by atoms with Crippen LogP contribution in [-0.2, 0) is 0 Å². The molecule has 4 nitrogen and oxygen atoms in total. The molecule has 0 atom stereocenters. The number of aromatic nitrogens is 3. The van der Waals surface area contributed by atoms with Gasteiger partial charge in [0.15, 0.2) is 12.0 Å². The van der Waals surface area contributed by atoms with Crippen molar-refractivity contribution in [1.82, 2.24) is 9.97 Å². The van der Waals surface area contributed by atoms with Gasteiger partial charge in [-0.2, -0.15) is 9.12 Å². The van der Waals surface area contributed by atoms with Gasteiger partial charge in [0.25, 0.3) is 0 Å². The second-order valence-electron chi connectivity index (χ2n) is 8.16. The minimum Gasteiger partial charge on any atom is -0.618 e. The highest BCUT2D eigenvalue weighted by atomic mass is 19.1. The van der Waals surface area contributed by atoms with Gasteiger partial charge in [-0.25, -0.2) is 9.97 Å². The molecule has 0 saturated heterocycles. The zero-order valence-corrected chi connectivity index (χ0v) is 18.9. The van der Waals surface area contributed by atoms with Crippen LogP contribution in [0.1, 0.15) is 51.0 Å². The summed E-state index contributed by atoms with van der Waals surface area (Å²) in [6, 6.07) is 20.9. The Morgan fingerprint density at radius 1 is 0.719 bits per heavy atom. The van der Waals surface area contributed by atoms with Crippen LogP contribution in [0.15, 0.2) is 85.3 Å². The van der Waals surface area contributed by atoms with E-state index in [1.807, 2.05) is 60.9 Å². The molecule has 164 valence electrons. The molecule has 4 rings (SSSR count). The van der Waals surface area contributed by atoms with Gasteiger partial charge in [-0.3, -0.25) is 0 Å². The van der Waals surface area contributed by atoms with Gasteiger partial charge in [0.1, 0.15) is 5.82 Å². The molecule has 0 unspecified atom stereocenters. The van der Waals surface area contributed by atoms with Crippen LogP contribution >= 0.6 is 0 Å². The van der Waals surface area contributed by atoms with Gasteiger partial charge in [0, 0.05) is 35.4 Å². The normalized spacial score (nSPS) is 10.7. The van der Waals surface area contributed by atoms with Gasteiger partial charge >= 0.3 is 0 Å². The maximum atomic E-state index is 13.8. The predicted octanol–water partition coefficient (Wildman–Crippen LogP) is 6.52. The summed E-state index contributed by atoms with van der Waals surface area (Å²) in [5.74, 6) is 0.707. The van der Waals surface area contributed by atoms with Crippen molar-refractivity contribution in [2.75, 3.05) is 0 Å². The molecule has 0 aliphatic carbocycles. The van der Waals surface area contributed by atoms with Crippen molar-refractivity contribution in [3.05, 3.63) is 108 Å². The largest absolute Gasteiger partial charge is 0.618 e. The topological polar surface area (TPSA) is 52.7 Å². The summed E-state index contributed by atoms with van der Waals surface area (Å²) in [6.07, 6.45) is 5.20. The van der Waals surface area contributed by atoms with Crippen LogP contribution in [0.5, 0.6) is 0 Å². The number of benzene rings is 2. The molecule has 0 saturated carbocycles. The van der Waals surface area contributed by atoms with E-state index in [-0.39, 0.29) is 11.6 Å². The maximum absolute atomic E-state index is 13.8. The van der Waals surface area contributed by atoms with Crippen molar-refractivity contribution in [1.29, 1.82) is 0 Å². The maximum Gasteiger partial charge on any atom is 0.231 e. The van der Waals surface area contributed by atoms with Gasteiger partial charge in [-0.15, -0.1) is 0 Å². The number of hydrogen-bond donors (Lipinski definition) is 0. The van der Waals surface area contributed by atoms with E-state index < -0.39 is 5.82 Å². The first kappa shape index (κ1) is 23.1. The number of nitrogens with zero attached hydrogens (tertiary/aromatic N) is 3. The summed E-state index contributed by atoms with van der Waals surface area (Å²) in [5.41, 5.74) is 3.85. The molecular formula is C27H28FN3O. The number of rotatable bonds is 4. The third kappa shape index (κ3) is 5.76. The Bertz CT molecular complexity index is 1110. The van der Waals surface area contributed by atoms with Gasteiger partial charge in [0.2, 0.25) is 5.69 Å². The molecule has 2 aromatic heterocycles. The zero-order chi connectivity index (χ0) is 23.1. The van der Waals surface area contributed by atoms with Crippen LogP contribution in [0.3, 0.4) is 0 Å². The second-order valence-corrected chi connectivity index (χ2v) is 8.16. The Labute approximate surface area is 189 Å². The summed E-state index contributed by atoms with van der Waals surface area (Å²) in [4.78, 5) is 8.69. The average Bonchev–Trinajstić information content (AvgIpc) is 2.80. The Balaban J connectivity index is 0.000000182. The van der Waals surface area contributed by atoms with Crippen molar-refractivity contribution in [3.8, 4) is 22.3 Å². The van der Waals surface area contributed by atoms with Crippen LogP contribution in [0.25, 0.3) is 22.3 Å². The first-order valence-corrected chi connectivity index (χ1v) is 10.7. The molecule has 0 aliphatic heterocycles. The minimum atomic E-state index is -0.448. The monoisotopic (exact) mass is 429 g/mol. The molecule has 0 amide bonds. The summed E-state index contributed by atoms with van der Waals surface area (Å²) < 4.78 is 14.5. The van der Waals surface area contributed by atoms with Crippen LogP contribution in [-0.4, -0.2) is 9.97 Å². The van der Waals surface area contributed by atoms with Crippen LogP contribution in [0.4, 0.5) is 4.39 Å². The molecule has 4 aromatic rings. The lowest BCUT2D eigenvalue weighted by Crippen LogP contribution is -2.33. The van der Waals surface area contributed by atoms with Gasteiger partial charge < -0.3 is 5.21 Å². The standard InChI is InChI=1S/C14H14FNO.C13H14N2/c1-10(2)14-13(15)8-12(9-16(14)17)11-6-4-3-5-7-11;1-10(2)13-14-8-12(9-15-13)11-6-4-3-5-7-11/h3-10H,1-2H3;3-10H,1-2H3. The first-order chi connectivity index (χ1) is 15.4. The first-order valence-electron chi connectivity index (χ1n) is 10.7. The van der Waals surface area contributed by atoms with Gasteiger partial charge in [-0.1, -0.05) is 88.4 Å². The van der Waals surface area contributed by atoms with E-state index in [0.717, 1.165) is 22.5 Å². The van der Waals surface area contributed by atoms with Crippen LogP contribution < -0.4 is 4.73 Å². The SMILES string of the molecule is CC(C)c1c(F)cc(-c2ccccc2)c[n+]1[O-].CC(C)c1ncc(-c2ccccc2)cn1. The molecule has 2 aromatic carbocycles. The van der Waals surface area contributed by atoms with Crippen LogP contribution in [0.2, 0.25) is 0 Å². The van der Waals surface area contributed by atoms with Crippen molar-refractivity contribution in [3.63, 3.8) is 0 Å². The molecule has 2 heterocycles. The molecule has 0 N–H and O–H groups in total. The number of halogens is 1. The molecule has 0 spiro atoms. The molecule has 0 aliphatic rings. The smallest absolute Gasteiger partial charge is 0.231 e. The quantitative estimate of drug-likeness (QED) is 0.274. The molecule has 0 fully saturated rings. The zero-order valence-electron chi connectivity index (χ0n) is 18.9. The van der Waals surface area contributed by atoms with E-state index in [0.29, 0.717) is 16.2 Å². The third-order valence-corrected chi connectivity index (χ3v) is 4.97. The highest BCUT2D eigenvalue weighted by Crippen LogP contribution is 2.22. The average molecular weight is 430 g/mol. The lowest BCUT2D eigenvalue weighted by atomic mass is 10.0. The Hall–Kier alpha value is -3.60. The van der Waals surface area contributed by atoms with Crippen molar-refractivity contribution < 1.29 is 9.12 Å². The highest BCUT2D eigenvalue weighted by Gasteiger charge is 2.19. The highest BCUT2D eigenvalue weighted by molar-refractivity contribution is 5.62. The fourth-order valence-corrected chi connectivity index (χ4v) is 3.28. The van der Waals surface area contributed by atoms with Crippen LogP contribution in [0, 0.1) is 11.0 Å². The summed E-state index contributed by atoms with van der Waals surface area (Å²) in [5, 5.41) is 11.8. The molecule has 5 heteroatoms. The Morgan fingerprint density at radius 2 is 1.22 bits per heavy atom. The summed E-state index contributed by atoms with van der Waals surface area (Å²) in [7, 11) is 0. The van der Waals surface area contributed by atoms with E-state index in [9.17, 15) is 9.60 Å². The molecule has 32 heavy (non-hydrogen) atoms. The predicted molar refractivity (Wildman–Crippen MR) is 126 cm³/mol. The van der Waals surface area contributed by atoms with E-state index in [2.05, 4.69) is 35.9 Å². The van der Waals surface area contributed by atoms with Crippen molar-refractivity contribution in [2.45, 2.75) is 39.5 Å². The Kier molecular flexibility index (Phi) is 7.66. The number of hydrogen-bond acceptors (Lipinski definition) is 3. The molecular weight excluding hydrogens is 401 g/mol. The van der Waals surface area contributed by atoms with E-state index in [4.69, 9.17) is 0 Å². The minimum absolute atomic E-state index is 0.127. The molecule has 0 radical (unpaired) electrons. The van der Waals surface area contributed by atoms with Crippen molar-refractivity contribution in [2.24, 2.45) is 0 Å². The van der Waals surface area contributed by atoms with E-state index >= 15 is 0 Å². The van der Waals surface area contributed by atoms with Crippen molar-refractivity contribution >= 4 is 0 Å². The van der Waals surface area contributed by atoms with Gasteiger partial charge in [0.05, 0.1) is 0 Å². The second kappa shape index (κ2) is 10.6. The summed E-state index contributed by atoms with van der Waals surface area (Å²) >= 11 is 0. The van der Waals surface area contributed by atoms with Gasteiger partial charge in [-0.05, 0) is 17.2 Å². The molecule has 0 bridgehead atoms. The van der Waals surface area contributed by atoms with E-state index in [1.165, 1.54) is 12.3 Å². The fourth-order valence-electron chi connectivity index (χ4n) is 3.28. The summed E-state index contributed by atoms with van der Waals surface area (Å²) in [6.45, 7) is 7.79. The van der Waals surface area contributed by atoms with E-state index in [1.54, 1.807) is 13.8 Å². The lowest BCUT2D eigenvalue weighted by molar-refractivity contribution is -0.616. The Morgan fingerprint density at radius 3 is 1.66 bits per heavy atom.